The smallest absolute Gasteiger partial charge is 0.138 e. The van der Waals surface area contributed by atoms with Crippen LogP contribution in [0.1, 0.15) is 25.5 Å². The predicted octanol–water partition coefficient (Wildman–Crippen LogP) is 2.49. The van der Waals surface area contributed by atoms with Gasteiger partial charge in [0.05, 0.1) is 17.7 Å². The van der Waals surface area contributed by atoms with Crippen molar-refractivity contribution >= 4 is 11.6 Å². The second-order valence-electron chi connectivity index (χ2n) is 5.06. The van der Waals surface area contributed by atoms with E-state index in [-0.39, 0.29) is 6.10 Å². The van der Waals surface area contributed by atoms with Gasteiger partial charge in [-0.3, -0.25) is 4.90 Å². The number of likely N-dealkylation sites (N-methyl/N-ethyl adjacent to an activating group) is 1. The van der Waals surface area contributed by atoms with E-state index in [0.29, 0.717) is 17.4 Å². The Bertz CT molecular complexity index is 439. The molecular formula is C15H22ClNO3. The Kier molecular flexibility index (Phi) is 5.66. The van der Waals surface area contributed by atoms with Crippen molar-refractivity contribution in [3.8, 4) is 5.75 Å². The van der Waals surface area contributed by atoms with Crippen molar-refractivity contribution in [3.63, 3.8) is 0 Å². The maximum absolute atomic E-state index is 9.50. The van der Waals surface area contributed by atoms with E-state index in [1.54, 1.807) is 19.1 Å². The van der Waals surface area contributed by atoms with Crippen LogP contribution in [0.4, 0.5) is 0 Å². The Balaban J connectivity index is 1.90. The van der Waals surface area contributed by atoms with Gasteiger partial charge in [-0.2, -0.15) is 0 Å². The number of aliphatic hydroxyl groups excluding tert-OH is 1. The van der Waals surface area contributed by atoms with Crippen LogP contribution in [0.25, 0.3) is 0 Å². The molecule has 1 aromatic carbocycles. The molecule has 5 heteroatoms. The van der Waals surface area contributed by atoms with Crippen LogP contribution in [0, 0.1) is 0 Å². The first-order valence-electron chi connectivity index (χ1n) is 7.04. The van der Waals surface area contributed by atoms with Gasteiger partial charge in [0, 0.05) is 13.1 Å². The Labute approximate surface area is 125 Å². The lowest BCUT2D eigenvalue weighted by atomic mass is 10.1. The molecule has 1 saturated heterocycles. The van der Waals surface area contributed by atoms with Crippen molar-refractivity contribution < 1.29 is 14.6 Å². The molecule has 2 rings (SSSR count). The zero-order valence-corrected chi connectivity index (χ0v) is 12.8. The molecule has 1 N–H and O–H groups in total. The fraction of sp³-hybridized carbons (Fsp3) is 0.600. The van der Waals surface area contributed by atoms with Crippen molar-refractivity contribution in [1.29, 1.82) is 0 Å². The van der Waals surface area contributed by atoms with Crippen LogP contribution in [0.3, 0.4) is 0 Å². The Morgan fingerprint density at radius 3 is 3.00 bits per heavy atom. The van der Waals surface area contributed by atoms with Crippen LogP contribution >= 0.6 is 11.6 Å². The minimum Gasteiger partial charge on any atom is -0.489 e. The highest BCUT2D eigenvalue weighted by atomic mass is 35.5. The van der Waals surface area contributed by atoms with Crippen LogP contribution in [0.5, 0.6) is 5.75 Å². The summed E-state index contributed by atoms with van der Waals surface area (Å²) in [5, 5.41) is 10.0. The Hall–Kier alpha value is -0.810. The lowest BCUT2D eigenvalue weighted by molar-refractivity contribution is -0.0463. The highest BCUT2D eigenvalue weighted by molar-refractivity contribution is 6.32. The summed E-state index contributed by atoms with van der Waals surface area (Å²) >= 11 is 6.16. The third-order valence-corrected chi connectivity index (χ3v) is 3.83. The minimum absolute atomic E-state index is 0.0798. The third kappa shape index (κ3) is 4.09. The van der Waals surface area contributed by atoms with Crippen molar-refractivity contribution in [2.75, 3.05) is 32.8 Å². The molecule has 0 aromatic heterocycles. The minimum atomic E-state index is -0.527. The summed E-state index contributed by atoms with van der Waals surface area (Å²) in [4.78, 5) is 2.34. The molecule has 0 bridgehead atoms. The number of halogens is 1. The van der Waals surface area contributed by atoms with Gasteiger partial charge in [0.25, 0.3) is 0 Å². The van der Waals surface area contributed by atoms with E-state index in [0.717, 1.165) is 31.8 Å². The average molecular weight is 300 g/mol. The van der Waals surface area contributed by atoms with Crippen LogP contribution in [-0.2, 0) is 4.74 Å². The molecule has 0 spiro atoms. The van der Waals surface area contributed by atoms with Crippen molar-refractivity contribution in [3.05, 3.63) is 28.8 Å². The van der Waals surface area contributed by atoms with Gasteiger partial charge in [-0.05, 0) is 31.2 Å². The second kappa shape index (κ2) is 7.27. The molecule has 2 atom stereocenters. The molecule has 112 valence electrons. The molecule has 0 aliphatic carbocycles. The summed E-state index contributed by atoms with van der Waals surface area (Å²) in [5.74, 6) is 0.633. The normalized spacial score (nSPS) is 21.7. The zero-order valence-electron chi connectivity index (χ0n) is 12.0. The SMILES string of the molecule is CCN1CCOC(COc2ccc([C@H](C)O)cc2Cl)C1. The highest BCUT2D eigenvalue weighted by Gasteiger charge is 2.20. The van der Waals surface area contributed by atoms with Crippen molar-refractivity contribution in [1.82, 2.24) is 4.90 Å². The van der Waals surface area contributed by atoms with Gasteiger partial charge in [0.15, 0.2) is 0 Å². The van der Waals surface area contributed by atoms with Gasteiger partial charge in [0.2, 0.25) is 0 Å². The van der Waals surface area contributed by atoms with Crippen LogP contribution in [0.15, 0.2) is 18.2 Å². The largest absolute Gasteiger partial charge is 0.489 e. The maximum atomic E-state index is 9.50. The van der Waals surface area contributed by atoms with E-state index in [4.69, 9.17) is 21.1 Å². The predicted molar refractivity (Wildman–Crippen MR) is 79.4 cm³/mol. The number of nitrogens with zero attached hydrogens (tertiary/aromatic N) is 1. The fourth-order valence-electron chi connectivity index (χ4n) is 2.25. The first-order valence-corrected chi connectivity index (χ1v) is 7.42. The summed E-state index contributed by atoms with van der Waals surface area (Å²) < 4.78 is 11.4. The summed E-state index contributed by atoms with van der Waals surface area (Å²) in [7, 11) is 0. The molecule has 20 heavy (non-hydrogen) atoms. The third-order valence-electron chi connectivity index (χ3n) is 3.53. The quantitative estimate of drug-likeness (QED) is 0.907. The second-order valence-corrected chi connectivity index (χ2v) is 5.47. The van der Waals surface area contributed by atoms with Crippen molar-refractivity contribution in [2.24, 2.45) is 0 Å². The molecule has 1 fully saturated rings. The first-order chi connectivity index (χ1) is 9.60. The maximum Gasteiger partial charge on any atom is 0.138 e. The molecule has 1 heterocycles. The lowest BCUT2D eigenvalue weighted by Gasteiger charge is -2.31. The van der Waals surface area contributed by atoms with E-state index in [9.17, 15) is 5.11 Å². The number of morpholine rings is 1. The monoisotopic (exact) mass is 299 g/mol. The van der Waals surface area contributed by atoms with Crippen molar-refractivity contribution in [2.45, 2.75) is 26.1 Å². The highest BCUT2D eigenvalue weighted by Crippen LogP contribution is 2.28. The van der Waals surface area contributed by atoms with Gasteiger partial charge in [0.1, 0.15) is 18.5 Å². The number of ether oxygens (including phenoxy) is 2. The summed E-state index contributed by atoms with van der Waals surface area (Å²) in [6, 6.07) is 5.36. The van der Waals surface area contributed by atoms with E-state index >= 15 is 0 Å². The van der Waals surface area contributed by atoms with E-state index < -0.39 is 6.10 Å². The number of aliphatic hydroxyl groups is 1. The molecule has 1 unspecified atom stereocenters. The molecule has 0 radical (unpaired) electrons. The van der Waals surface area contributed by atoms with Crippen LogP contribution < -0.4 is 4.74 Å². The Morgan fingerprint density at radius 1 is 1.55 bits per heavy atom. The standard InChI is InChI=1S/C15H22ClNO3/c1-3-17-6-7-19-13(9-17)10-20-15-5-4-12(11(2)18)8-14(15)16/h4-5,8,11,13,18H,3,6-7,9-10H2,1-2H3/t11-,13?/m0/s1. The topological polar surface area (TPSA) is 41.9 Å². The van der Waals surface area contributed by atoms with E-state index in [1.807, 2.05) is 6.07 Å². The summed E-state index contributed by atoms with van der Waals surface area (Å²) in [5.41, 5.74) is 0.786. The Morgan fingerprint density at radius 2 is 2.35 bits per heavy atom. The lowest BCUT2D eigenvalue weighted by Crippen LogP contribution is -2.44. The summed E-state index contributed by atoms with van der Waals surface area (Å²) in [6.07, 6.45) is -0.447. The first kappa shape index (κ1) is 15.6. The number of rotatable bonds is 5. The zero-order chi connectivity index (χ0) is 14.5. The van der Waals surface area contributed by atoms with Gasteiger partial charge in [-0.15, -0.1) is 0 Å². The molecule has 4 nitrogen and oxygen atoms in total. The fourth-order valence-corrected chi connectivity index (χ4v) is 2.49. The summed E-state index contributed by atoms with van der Waals surface area (Å²) in [6.45, 7) is 8.00. The van der Waals surface area contributed by atoms with E-state index in [2.05, 4.69) is 11.8 Å². The van der Waals surface area contributed by atoms with Gasteiger partial charge < -0.3 is 14.6 Å². The number of hydrogen-bond donors (Lipinski definition) is 1. The van der Waals surface area contributed by atoms with E-state index in [1.165, 1.54) is 0 Å². The number of benzene rings is 1. The van der Waals surface area contributed by atoms with Gasteiger partial charge >= 0.3 is 0 Å². The van der Waals surface area contributed by atoms with Gasteiger partial charge in [-0.25, -0.2) is 0 Å². The molecule has 0 amide bonds. The molecule has 1 aliphatic rings. The van der Waals surface area contributed by atoms with Crippen LogP contribution in [-0.4, -0.2) is 49.0 Å². The van der Waals surface area contributed by atoms with Crippen LogP contribution in [0.2, 0.25) is 5.02 Å². The molecule has 0 saturated carbocycles. The average Bonchev–Trinajstić information content (AvgIpc) is 2.46. The molecular weight excluding hydrogens is 278 g/mol. The molecule has 1 aliphatic heterocycles. The molecule has 1 aromatic rings. The number of hydrogen-bond acceptors (Lipinski definition) is 4. The van der Waals surface area contributed by atoms with Gasteiger partial charge in [-0.1, -0.05) is 24.6 Å².